The molecule has 0 amide bonds. The summed E-state index contributed by atoms with van der Waals surface area (Å²) < 4.78 is 0. The quantitative estimate of drug-likeness (QED) is 0.536. The lowest BCUT2D eigenvalue weighted by molar-refractivity contribution is 0.145. The van der Waals surface area contributed by atoms with Crippen molar-refractivity contribution in [1.82, 2.24) is 10.2 Å². The Morgan fingerprint density at radius 3 is 1.73 bits per heavy atom. The van der Waals surface area contributed by atoms with Crippen LogP contribution in [0.25, 0.3) is 0 Å². The summed E-state index contributed by atoms with van der Waals surface area (Å²) in [4.78, 5) is 8.90. The molecule has 1 atom stereocenters. The van der Waals surface area contributed by atoms with Crippen LogP contribution in [0.3, 0.4) is 0 Å². The number of hydrogen-bond acceptors (Lipinski definition) is 3. The van der Waals surface area contributed by atoms with E-state index in [0.717, 1.165) is 0 Å². The molecular weight excluding hydrogens is 183 g/mol. The van der Waals surface area contributed by atoms with Crippen LogP contribution in [0.15, 0.2) is 0 Å². The fourth-order valence-corrected chi connectivity index (χ4v) is 1.84. The zero-order chi connectivity index (χ0) is 9.02. The summed E-state index contributed by atoms with van der Waals surface area (Å²) in [5, 5.41) is 4.73. The van der Waals surface area contributed by atoms with Crippen LogP contribution in [0.1, 0.15) is 27.7 Å². The van der Waals surface area contributed by atoms with Crippen LogP contribution in [0.5, 0.6) is 0 Å². The predicted molar refractivity (Wildman–Crippen MR) is 50.2 cm³/mol. The molecule has 0 fully saturated rings. The van der Waals surface area contributed by atoms with E-state index in [1.807, 2.05) is 32.7 Å². The minimum Gasteiger partial charge on any atom is -0.347 e. The van der Waals surface area contributed by atoms with Crippen molar-refractivity contribution in [2.24, 2.45) is 0 Å². The third-order valence-corrected chi connectivity index (χ3v) is 1.93. The molecule has 0 heterocycles. The van der Waals surface area contributed by atoms with E-state index in [-0.39, 0.29) is 0 Å². The highest BCUT2D eigenvalue weighted by Crippen LogP contribution is 2.31. The minimum atomic E-state index is -1.56. The number of halogens is 1. The predicted octanol–water partition coefficient (Wildman–Crippen LogP) is 2.07. The van der Waals surface area contributed by atoms with E-state index < -0.39 is 7.65 Å². The normalized spacial score (nSPS) is 15.0. The maximum atomic E-state index is 8.90. The first-order valence-corrected chi connectivity index (χ1v) is 5.84. The Kier molecular flexibility index (Phi) is 5.57. The largest absolute Gasteiger partial charge is 0.347 e. The Balaban J connectivity index is 3.90. The molecule has 11 heavy (non-hydrogen) atoms. The molecule has 0 aliphatic heterocycles. The first-order valence-electron chi connectivity index (χ1n) is 3.64. The molecule has 0 spiro atoms. The van der Waals surface area contributed by atoms with Crippen molar-refractivity contribution in [2.75, 3.05) is 0 Å². The second-order valence-corrected chi connectivity index (χ2v) is 4.64. The molecule has 0 saturated carbocycles. The first-order chi connectivity index (χ1) is 4.95. The monoisotopic (exact) mass is 198 g/mol. The molecule has 0 aliphatic rings. The van der Waals surface area contributed by atoms with Crippen LogP contribution in [0, 0.1) is 0 Å². The summed E-state index contributed by atoms with van der Waals surface area (Å²) in [5.41, 5.74) is 0. The van der Waals surface area contributed by atoms with Crippen LogP contribution in [0.2, 0.25) is 0 Å². The van der Waals surface area contributed by atoms with Crippen LogP contribution < -0.4 is 5.20 Å². The van der Waals surface area contributed by atoms with E-state index in [9.17, 15) is 0 Å². The SMILES string of the molecule is CC(C)N(NP(O)Cl)C(C)C. The van der Waals surface area contributed by atoms with E-state index in [1.165, 1.54) is 0 Å². The fraction of sp³-hybridized carbons (Fsp3) is 1.00. The summed E-state index contributed by atoms with van der Waals surface area (Å²) in [6.45, 7) is 8.18. The number of rotatable bonds is 4. The lowest BCUT2D eigenvalue weighted by Gasteiger charge is -2.30. The van der Waals surface area contributed by atoms with Crippen molar-refractivity contribution in [2.45, 2.75) is 39.8 Å². The van der Waals surface area contributed by atoms with Gasteiger partial charge in [-0.15, -0.1) is 0 Å². The Morgan fingerprint density at radius 2 is 1.64 bits per heavy atom. The molecule has 0 aromatic rings. The average Bonchev–Trinajstić information content (AvgIpc) is 1.81. The Hall–Kier alpha value is 0.600. The molecular formula is C6H16ClN2OP. The van der Waals surface area contributed by atoms with Crippen molar-refractivity contribution in [1.29, 1.82) is 0 Å². The van der Waals surface area contributed by atoms with Gasteiger partial charge in [0.2, 0.25) is 7.65 Å². The van der Waals surface area contributed by atoms with E-state index in [1.54, 1.807) is 0 Å². The standard InChI is InChI=1S/C6H16ClN2OP/c1-5(2)9(6(3)4)8-11(7)10/h5-6,8,10H,1-4H3. The van der Waals surface area contributed by atoms with Gasteiger partial charge in [0.05, 0.1) is 0 Å². The zero-order valence-corrected chi connectivity index (χ0v) is 9.02. The maximum Gasteiger partial charge on any atom is 0.215 e. The second-order valence-electron chi connectivity index (χ2n) is 2.95. The third-order valence-electron chi connectivity index (χ3n) is 1.31. The van der Waals surface area contributed by atoms with E-state index in [2.05, 4.69) is 5.20 Å². The van der Waals surface area contributed by atoms with Gasteiger partial charge in [-0.1, -0.05) is 0 Å². The summed E-state index contributed by atoms with van der Waals surface area (Å²) >= 11 is 5.43. The molecule has 0 saturated heterocycles. The van der Waals surface area contributed by atoms with Crippen LogP contribution in [-0.2, 0) is 0 Å². The smallest absolute Gasteiger partial charge is 0.215 e. The number of nitrogens with zero attached hydrogens (tertiary/aromatic N) is 1. The van der Waals surface area contributed by atoms with Gasteiger partial charge in [0.15, 0.2) is 0 Å². The fourth-order valence-electron chi connectivity index (χ4n) is 0.923. The minimum absolute atomic E-state index is 0.339. The summed E-state index contributed by atoms with van der Waals surface area (Å²) in [5.74, 6) is 0. The summed E-state index contributed by atoms with van der Waals surface area (Å²) in [6.07, 6.45) is 0. The maximum absolute atomic E-state index is 8.90. The summed E-state index contributed by atoms with van der Waals surface area (Å²) in [7, 11) is -1.56. The Morgan fingerprint density at radius 1 is 1.27 bits per heavy atom. The molecule has 2 N–H and O–H groups in total. The number of nitrogens with one attached hydrogen (secondary N) is 1. The lowest BCUT2D eigenvalue weighted by Crippen LogP contribution is -2.44. The van der Waals surface area contributed by atoms with Crippen molar-refractivity contribution in [3.8, 4) is 0 Å². The molecule has 0 aromatic carbocycles. The van der Waals surface area contributed by atoms with Gasteiger partial charge in [0.25, 0.3) is 0 Å². The van der Waals surface area contributed by atoms with Gasteiger partial charge in [0.1, 0.15) is 0 Å². The van der Waals surface area contributed by atoms with E-state index >= 15 is 0 Å². The van der Waals surface area contributed by atoms with Crippen LogP contribution in [-0.4, -0.2) is 22.0 Å². The molecule has 5 heteroatoms. The molecule has 3 nitrogen and oxygen atoms in total. The van der Waals surface area contributed by atoms with Gasteiger partial charge in [0, 0.05) is 12.1 Å². The zero-order valence-electron chi connectivity index (χ0n) is 7.37. The Bertz CT molecular complexity index is 103. The van der Waals surface area contributed by atoms with Gasteiger partial charge >= 0.3 is 0 Å². The molecule has 0 aromatic heterocycles. The van der Waals surface area contributed by atoms with Gasteiger partial charge in [-0.05, 0) is 38.9 Å². The van der Waals surface area contributed by atoms with Gasteiger partial charge < -0.3 is 4.89 Å². The van der Waals surface area contributed by atoms with Gasteiger partial charge in [-0.25, -0.2) is 5.01 Å². The molecule has 0 aliphatic carbocycles. The molecule has 0 radical (unpaired) electrons. The molecule has 0 bridgehead atoms. The van der Waals surface area contributed by atoms with Gasteiger partial charge in [-0.2, -0.15) is 5.20 Å². The van der Waals surface area contributed by atoms with Crippen molar-refractivity contribution < 1.29 is 4.89 Å². The average molecular weight is 199 g/mol. The van der Waals surface area contributed by atoms with Crippen LogP contribution in [0.4, 0.5) is 0 Å². The lowest BCUT2D eigenvalue weighted by atomic mass is 10.3. The van der Waals surface area contributed by atoms with Gasteiger partial charge in [-0.3, -0.25) is 0 Å². The summed E-state index contributed by atoms with van der Waals surface area (Å²) in [6, 6.07) is 0.678. The van der Waals surface area contributed by atoms with Crippen molar-refractivity contribution >= 4 is 18.9 Å². The van der Waals surface area contributed by atoms with Crippen molar-refractivity contribution in [3.05, 3.63) is 0 Å². The van der Waals surface area contributed by atoms with E-state index in [4.69, 9.17) is 16.1 Å². The number of hydrazine groups is 1. The topological polar surface area (TPSA) is 35.5 Å². The number of hydrogen-bond donors (Lipinski definition) is 2. The Labute approximate surface area is 74.4 Å². The van der Waals surface area contributed by atoms with Crippen LogP contribution >= 0.6 is 18.9 Å². The molecule has 1 unspecified atom stereocenters. The highest BCUT2D eigenvalue weighted by Gasteiger charge is 2.15. The first kappa shape index (κ1) is 11.6. The highest BCUT2D eigenvalue weighted by molar-refractivity contribution is 7.77. The molecule has 68 valence electrons. The molecule has 0 rings (SSSR count). The third kappa shape index (κ3) is 4.94. The van der Waals surface area contributed by atoms with E-state index in [0.29, 0.717) is 12.1 Å². The second kappa shape index (κ2) is 5.28. The van der Waals surface area contributed by atoms with Crippen molar-refractivity contribution in [3.63, 3.8) is 0 Å². The highest BCUT2D eigenvalue weighted by atomic mass is 35.7.